The maximum Gasteiger partial charge on any atom is 0.291 e. The van der Waals surface area contributed by atoms with Crippen LogP contribution in [0.2, 0.25) is 0 Å². The fourth-order valence-corrected chi connectivity index (χ4v) is 3.87. The zero-order chi connectivity index (χ0) is 24.2. The molecule has 34 heavy (non-hydrogen) atoms. The Labute approximate surface area is 195 Å². The molecule has 1 aromatic carbocycles. The number of nitro groups is 1. The van der Waals surface area contributed by atoms with Crippen LogP contribution >= 0.6 is 0 Å². The van der Waals surface area contributed by atoms with E-state index in [4.69, 9.17) is 9.15 Å². The Morgan fingerprint density at radius 2 is 1.97 bits per heavy atom. The number of carbonyl (C=O) groups excluding carboxylic acids is 2. The lowest BCUT2D eigenvalue weighted by molar-refractivity contribution is -0.385. The number of amides is 2. The molecule has 2 amide bonds. The molecule has 0 aliphatic carbocycles. The molecule has 1 N–H and O–H groups in total. The third-order valence-electron chi connectivity index (χ3n) is 5.66. The number of nitro benzene ring substituents is 1. The molecule has 11 nitrogen and oxygen atoms in total. The van der Waals surface area contributed by atoms with Gasteiger partial charge in [-0.05, 0) is 50.5 Å². The Balaban J connectivity index is 1.40. The highest BCUT2D eigenvalue weighted by Gasteiger charge is 2.26. The Morgan fingerprint density at radius 1 is 1.21 bits per heavy atom. The fourth-order valence-electron chi connectivity index (χ4n) is 3.87. The number of nitrogens with one attached hydrogen (secondary N) is 1. The number of ether oxygens (including phenoxy) is 1. The maximum absolute atomic E-state index is 13.0. The van der Waals surface area contributed by atoms with Gasteiger partial charge in [0.25, 0.3) is 17.5 Å². The van der Waals surface area contributed by atoms with Gasteiger partial charge in [0.05, 0.1) is 16.8 Å². The summed E-state index contributed by atoms with van der Waals surface area (Å²) >= 11 is 0. The summed E-state index contributed by atoms with van der Waals surface area (Å²) in [6.45, 7) is 3.04. The number of aryl methyl sites for hydroxylation is 2. The van der Waals surface area contributed by atoms with Gasteiger partial charge in [-0.2, -0.15) is 5.10 Å². The third-order valence-corrected chi connectivity index (χ3v) is 5.66. The van der Waals surface area contributed by atoms with E-state index in [0.717, 1.165) is 19.3 Å². The van der Waals surface area contributed by atoms with Crippen LogP contribution in [-0.2, 0) is 13.7 Å². The van der Waals surface area contributed by atoms with Crippen LogP contribution in [0.1, 0.15) is 51.6 Å². The molecule has 1 aliphatic heterocycles. The zero-order valence-corrected chi connectivity index (χ0v) is 18.9. The van der Waals surface area contributed by atoms with Crippen molar-refractivity contribution in [3.63, 3.8) is 0 Å². The number of piperidine rings is 1. The summed E-state index contributed by atoms with van der Waals surface area (Å²) in [6, 6.07) is 7.57. The molecule has 178 valence electrons. The van der Waals surface area contributed by atoms with Crippen molar-refractivity contribution in [2.45, 2.75) is 32.8 Å². The van der Waals surface area contributed by atoms with Gasteiger partial charge in [0, 0.05) is 31.8 Å². The van der Waals surface area contributed by atoms with Crippen molar-refractivity contribution in [1.82, 2.24) is 14.7 Å². The molecule has 2 aromatic heterocycles. The van der Waals surface area contributed by atoms with Gasteiger partial charge < -0.3 is 19.4 Å². The van der Waals surface area contributed by atoms with Gasteiger partial charge in [-0.1, -0.05) is 0 Å². The molecule has 0 spiro atoms. The number of nitrogens with zero attached hydrogens (tertiary/aromatic N) is 4. The Kier molecular flexibility index (Phi) is 6.62. The monoisotopic (exact) mass is 467 g/mol. The van der Waals surface area contributed by atoms with Gasteiger partial charge in [0.1, 0.15) is 23.8 Å². The first-order valence-corrected chi connectivity index (χ1v) is 10.9. The van der Waals surface area contributed by atoms with Crippen molar-refractivity contribution >= 4 is 23.2 Å². The molecule has 0 radical (unpaired) electrons. The van der Waals surface area contributed by atoms with E-state index < -0.39 is 10.8 Å². The largest absolute Gasteiger partial charge is 0.486 e. The zero-order valence-electron chi connectivity index (χ0n) is 18.9. The van der Waals surface area contributed by atoms with E-state index in [0.29, 0.717) is 41.5 Å². The van der Waals surface area contributed by atoms with E-state index in [1.807, 2.05) is 0 Å². The van der Waals surface area contributed by atoms with Crippen molar-refractivity contribution in [2.24, 2.45) is 7.05 Å². The SMILES string of the molecule is Cc1cc(OCc2ccc(C(=O)Nc3cnn(C)c3C(=O)N3CCCCC3)o2)ccc1[N+](=O)[O-]. The minimum Gasteiger partial charge on any atom is -0.486 e. The predicted octanol–water partition coefficient (Wildman–Crippen LogP) is 3.69. The number of furan rings is 1. The van der Waals surface area contributed by atoms with E-state index in [9.17, 15) is 19.7 Å². The van der Waals surface area contributed by atoms with Crippen LogP contribution in [0, 0.1) is 17.0 Å². The Hall–Kier alpha value is -4.15. The van der Waals surface area contributed by atoms with Crippen LogP contribution in [0.5, 0.6) is 5.75 Å². The van der Waals surface area contributed by atoms with E-state index in [1.165, 1.54) is 29.1 Å². The third kappa shape index (κ3) is 4.92. The van der Waals surface area contributed by atoms with Crippen LogP contribution in [0.25, 0.3) is 0 Å². The second-order valence-corrected chi connectivity index (χ2v) is 8.10. The first-order valence-electron chi connectivity index (χ1n) is 10.9. The molecule has 0 atom stereocenters. The van der Waals surface area contributed by atoms with Crippen molar-refractivity contribution in [3.8, 4) is 5.75 Å². The van der Waals surface area contributed by atoms with Crippen molar-refractivity contribution in [3.05, 3.63) is 69.4 Å². The minimum atomic E-state index is -0.516. The van der Waals surface area contributed by atoms with Crippen LogP contribution < -0.4 is 10.1 Å². The molecule has 4 rings (SSSR count). The minimum absolute atomic E-state index is 0.0119. The molecule has 3 heterocycles. The van der Waals surface area contributed by atoms with Gasteiger partial charge in [-0.25, -0.2) is 0 Å². The summed E-state index contributed by atoms with van der Waals surface area (Å²) in [7, 11) is 1.66. The molecule has 0 saturated carbocycles. The highest BCUT2D eigenvalue weighted by Crippen LogP contribution is 2.24. The van der Waals surface area contributed by atoms with Crippen LogP contribution in [-0.4, -0.2) is 44.5 Å². The van der Waals surface area contributed by atoms with Crippen LogP contribution in [0.4, 0.5) is 11.4 Å². The highest BCUT2D eigenvalue weighted by atomic mass is 16.6. The molecular formula is C23H25N5O6. The highest BCUT2D eigenvalue weighted by molar-refractivity contribution is 6.07. The first-order chi connectivity index (χ1) is 16.3. The van der Waals surface area contributed by atoms with E-state index in [2.05, 4.69) is 10.4 Å². The van der Waals surface area contributed by atoms with E-state index in [1.54, 1.807) is 31.0 Å². The number of rotatable bonds is 7. The van der Waals surface area contributed by atoms with E-state index in [-0.39, 0.29) is 24.0 Å². The number of hydrogen-bond acceptors (Lipinski definition) is 7. The molecule has 1 saturated heterocycles. The average Bonchev–Trinajstić information content (AvgIpc) is 3.44. The summed E-state index contributed by atoms with van der Waals surface area (Å²) in [6.07, 6.45) is 4.47. The number of carbonyl (C=O) groups is 2. The number of hydrogen-bond donors (Lipinski definition) is 1. The maximum atomic E-state index is 13.0. The normalized spacial score (nSPS) is 13.5. The van der Waals surface area contributed by atoms with Gasteiger partial charge in [0.2, 0.25) is 0 Å². The summed E-state index contributed by atoms with van der Waals surface area (Å²) < 4.78 is 12.7. The summed E-state index contributed by atoms with van der Waals surface area (Å²) in [5.41, 5.74) is 1.13. The van der Waals surface area contributed by atoms with E-state index >= 15 is 0 Å². The van der Waals surface area contributed by atoms with Gasteiger partial charge in [0.15, 0.2) is 5.76 Å². The van der Waals surface area contributed by atoms with Crippen molar-refractivity contribution < 1.29 is 23.7 Å². The lowest BCUT2D eigenvalue weighted by atomic mass is 10.1. The lowest BCUT2D eigenvalue weighted by Crippen LogP contribution is -2.37. The quantitative estimate of drug-likeness (QED) is 0.414. The van der Waals surface area contributed by atoms with Crippen LogP contribution in [0.15, 0.2) is 40.9 Å². The molecule has 1 aliphatic rings. The second kappa shape index (κ2) is 9.77. The average molecular weight is 467 g/mol. The number of benzene rings is 1. The Morgan fingerprint density at radius 3 is 2.68 bits per heavy atom. The standard InChI is InChI=1S/C23H25N5O6/c1-15-12-16(6-8-19(15)28(31)32)33-14-17-7-9-20(34-17)22(29)25-18-13-24-26(2)21(18)23(30)27-10-4-3-5-11-27/h6-9,12-13H,3-5,10-11,14H2,1-2H3,(H,25,29). The topological polar surface area (TPSA) is 133 Å². The summed E-state index contributed by atoms with van der Waals surface area (Å²) in [5, 5.41) is 17.8. The lowest BCUT2D eigenvalue weighted by Gasteiger charge is -2.27. The number of aromatic nitrogens is 2. The van der Waals surface area contributed by atoms with Gasteiger partial charge in [-0.15, -0.1) is 0 Å². The van der Waals surface area contributed by atoms with Crippen molar-refractivity contribution in [2.75, 3.05) is 18.4 Å². The summed E-state index contributed by atoms with van der Waals surface area (Å²) in [4.78, 5) is 38.0. The fraction of sp³-hybridized carbons (Fsp3) is 0.348. The summed E-state index contributed by atoms with van der Waals surface area (Å²) in [5.74, 6) is 0.220. The second-order valence-electron chi connectivity index (χ2n) is 8.10. The molecule has 3 aromatic rings. The van der Waals surface area contributed by atoms with Gasteiger partial charge >= 0.3 is 0 Å². The molecule has 11 heteroatoms. The number of anilines is 1. The van der Waals surface area contributed by atoms with Gasteiger partial charge in [-0.3, -0.25) is 24.4 Å². The smallest absolute Gasteiger partial charge is 0.291 e. The molecular weight excluding hydrogens is 442 g/mol. The van der Waals surface area contributed by atoms with Crippen molar-refractivity contribution in [1.29, 1.82) is 0 Å². The predicted molar refractivity (Wildman–Crippen MR) is 122 cm³/mol. The molecule has 0 bridgehead atoms. The number of likely N-dealkylation sites (tertiary alicyclic amines) is 1. The Bertz CT molecular complexity index is 1220. The molecule has 0 unspecified atom stereocenters. The van der Waals surface area contributed by atoms with Crippen LogP contribution in [0.3, 0.4) is 0 Å². The first kappa shape index (κ1) is 23.0. The molecule has 1 fully saturated rings.